The first-order valence-electron chi connectivity index (χ1n) is 15.4. The molecular formula is C33H47FN6O5. The Balaban J connectivity index is 2.37. The SMILES string of the molecule is CCC[C@H](NC(=O)[C@H](Cc1ccccc1)NC(=O)[C@H](Cc1ccc(F)cc1)NC(=O)[C@@H](NC(=O)[C@@H](N)CCC)C(C)C)C(N)=O. The minimum absolute atomic E-state index is 0.0363. The summed E-state index contributed by atoms with van der Waals surface area (Å²) in [4.78, 5) is 65.4. The molecule has 5 amide bonds. The van der Waals surface area contributed by atoms with E-state index in [1.165, 1.54) is 24.3 Å². The Morgan fingerprint density at radius 3 is 1.64 bits per heavy atom. The molecule has 0 spiro atoms. The van der Waals surface area contributed by atoms with Crippen LogP contribution in [0.15, 0.2) is 54.6 Å². The molecule has 0 aliphatic heterocycles. The van der Waals surface area contributed by atoms with Crippen molar-refractivity contribution < 1.29 is 28.4 Å². The van der Waals surface area contributed by atoms with Crippen LogP contribution in [0.4, 0.5) is 4.39 Å². The van der Waals surface area contributed by atoms with E-state index < -0.39 is 65.6 Å². The molecule has 0 aliphatic carbocycles. The van der Waals surface area contributed by atoms with Crippen LogP contribution in [0.1, 0.15) is 64.5 Å². The molecule has 11 nitrogen and oxygen atoms in total. The third kappa shape index (κ3) is 12.3. The summed E-state index contributed by atoms with van der Waals surface area (Å²) in [6.45, 7) is 7.23. The Kier molecular flexibility index (Phi) is 15.1. The smallest absolute Gasteiger partial charge is 0.243 e. The van der Waals surface area contributed by atoms with Gasteiger partial charge in [-0.3, -0.25) is 24.0 Å². The van der Waals surface area contributed by atoms with E-state index in [4.69, 9.17) is 11.5 Å². The van der Waals surface area contributed by atoms with Gasteiger partial charge in [-0.05, 0) is 42.0 Å². The number of hydrogen-bond donors (Lipinski definition) is 6. The van der Waals surface area contributed by atoms with Crippen molar-refractivity contribution in [3.8, 4) is 0 Å². The Morgan fingerprint density at radius 1 is 0.667 bits per heavy atom. The van der Waals surface area contributed by atoms with Gasteiger partial charge in [0.2, 0.25) is 29.5 Å². The fraction of sp³-hybridized carbons (Fsp3) is 0.485. The lowest BCUT2D eigenvalue weighted by atomic mass is 9.99. The fourth-order valence-corrected chi connectivity index (χ4v) is 4.74. The van der Waals surface area contributed by atoms with Crippen LogP contribution in [-0.2, 0) is 36.8 Å². The van der Waals surface area contributed by atoms with Crippen molar-refractivity contribution >= 4 is 29.5 Å². The van der Waals surface area contributed by atoms with Crippen LogP contribution < -0.4 is 32.7 Å². The van der Waals surface area contributed by atoms with E-state index in [2.05, 4.69) is 21.3 Å². The topological polar surface area (TPSA) is 186 Å². The Hall–Kier alpha value is -4.32. The van der Waals surface area contributed by atoms with Crippen molar-refractivity contribution in [3.63, 3.8) is 0 Å². The number of nitrogens with two attached hydrogens (primary N) is 2. The number of nitrogens with one attached hydrogen (secondary N) is 4. The average Bonchev–Trinajstić information content (AvgIpc) is 3.00. The zero-order valence-electron chi connectivity index (χ0n) is 26.5. The predicted octanol–water partition coefficient (Wildman–Crippen LogP) is 1.62. The van der Waals surface area contributed by atoms with Crippen LogP contribution in [-0.4, -0.2) is 59.7 Å². The number of hydrogen-bond acceptors (Lipinski definition) is 6. The van der Waals surface area contributed by atoms with E-state index >= 15 is 0 Å². The fourth-order valence-electron chi connectivity index (χ4n) is 4.74. The van der Waals surface area contributed by atoms with Gasteiger partial charge < -0.3 is 32.7 Å². The third-order valence-electron chi connectivity index (χ3n) is 7.32. The number of carbonyl (C=O) groups excluding carboxylic acids is 5. The van der Waals surface area contributed by atoms with Gasteiger partial charge in [-0.2, -0.15) is 0 Å². The molecule has 2 aromatic carbocycles. The van der Waals surface area contributed by atoms with Crippen LogP contribution in [0.2, 0.25) is 0 Å². The Bertz CT molecular complexity index is 1270. The van der Waals surface area contributed by atoms with Gasteiger partial charge in [0.1, 0.15) is 30.0 Å². The first-order chi connectivity index (χ1) is 21.4. The molecule has 0 heterocycles. The summed E-state index contributed by atoms with van der Waals surface area (Å²) < 4.78 is 13.6. The molecule has 12 heteroatoms. The monoisotopic (exact) mass is 626 g/mol. The number of benzene rings is 2. The minimum atomic E-state index is -1.21. The highest BCUT2D eigenvalue weighted by Crippen LogP contribution is 2.11. The van der Waals surface area contributed by atoms with Gasteiger partial charge >= 0.3 is 0 Å². The van der Waals surface area contributed by atoms with E-state index in [1.54, 1.807) is 38.1 Å². The second-order valence-corrected chi connectivity index (χ2v) is 11.5. The predicted molar refractivity (Wildman–Crippen MR) is 170 cm³/mol. The second kappa shape index (κ2) is 18.5. The van der Waals surface area contributed by atoms with Crippen molar-refractivity contribution in [2.45, 2.75) is 96.4 Å². The molecule has 246 valence electrons. The molecule has 0 bridgehead atoms. The van der Waals surface area contributed by atoms with Crippen molar-refractivity contribution in [1.82, 2.24) is 21.3 Å². The first-order valence-corrected chi connectivity index (χ1v) is 15.4. The van der Waals surface area contributed by atoms with E-state index in [1.807, 2.05) is 19.9 Å². The van der Waals surface area contributed by atoms with Gasteiger partial charge in [-0.25, -0.2) is 4.39 Å². The molecule has 0 radical (unpaired) electrons. The summed E-state index contributed by atoms with van der Waals surface area (Å²) in [6, 6.07) is 9.38. The van der Waals surface area contributed by atoms with Crippen LogP contribution in [0.5, 0.6) is 0 Å². The molecule has 0 saturated carbocycles. The van der Waals surface area contributed by atoms with Gasteiger partial charge in [-0.15, -0.1) is 0 Å². The first kappa shape index (κ1) is 36.9. The highest BCUT2D eigenvalue weighted by atomic mass is 19.1. The van der Waals surface area contributed by atoms with Crippen LogP contribution in [0, 0.1) is 11.7 Å². The highest BCUT2D eigenvalue weighted by molar-refractivity contribution is 5.96. The molecule has 0 saturated heterocycles. The molecular weight excluding hydrogens is 579 g/mol. The van der Waals surface area contributed by atoms with E-state index in [0.717, 1.165) is 5.56 Å². The lowest BCUT2D eigenvalue weighted by Gasteiger charge is -2.28. The maximum absolute atomic E-state index is 13.8. The number of carbonyl (C=O) groups is 5. The number of halogens is 1. The van der Waals surface area contributed by atoms with Crippen molar-refractivity contribution in [2.75, 3.05) is 0 Å². The van der Waals surface area contributed by atoms with Gasteiger partial charge in [-0.1, -0.05) is 83.0 Å². The largest absolute Gasteiger partial charge is 0.368 e. The molecule has 0 unspecified atom stereocenters. The lowest BCUT2D eigenvalue weighted by Crippen LogP contribution is -2.60. The number of rotatable bonds is 18. The van der Waals surface area contributed by atoms with Gasteiger partial charge in [0.05, 0.1) is 6.04 Å². The Morgan fingerprint density at radius 2 is 1.16 bits per heavy atom. The zero-order chi connectivity index (χ0) is 33.5. The standard InChI is InChI=1S/C33H47FN6O5/c1-5-10-24(35)30(42)40-28(20(3)4)33(45)39-27(19-22-14-16-23(34)17-15-22)32(44)38-26(18-21-12-8-7-9-13-21)31(43)37-25(11-6-2)29(36)41/h7-9,12-17,20,24-28H,5-6,10-11,18-19,35H2,1-4H3,(H2,36,41)(H,37,43)(H,38,44)(H,39,45)(H,40,42)/t24-,25-,26-,27-,28-/m0/s1. The summed E-state index contributed by atoms with van der Waals surface area (Å²) in [5, 5.41) is 10.8. The van der Waals surface area contributed by atoms with Crippen molar-refractivity contribution in [1.29, 1.82) is 0 Å². The summed E-state index contributed by atoms with van der Waals surface area (Å²) in [6.07, 6.45) is 2.09. The Labute approximate surface area is 264 Å². The maximum atomic E-state index is 13.8. The lowest BCUT2D eigenvalue weighted by molar-refractivity contribution is -0.135. The van der Waals surface area contributed by atoms with Gasteiger partial charge in [0.15, 0.2) is 0 Å². The summed E-state index contributed by atoms with van der Waals surface area (Å²) >= 11 is 0. The second-order valence-electron chi connectivity index (χ2n) is 11.5. The van der Waals surface area contributed by atoms with E-state index in [0.29, 0.717) is 31.2 Å². The third-order valence-corrected chi connectivity index (χ3v) is 7.32. The minimum Gasteiger partial charge on any atom is -0.368 e. The van der Waals surface area contributed by atoms with Crippen LogP contribution in [0.3, 0.4) is 0 Å². The number of primary amides is 1. The van der Waals surface area contributed by atoms with Gasteiger partial charge in [0.25, 0.3) is 0 Å². The summed E-state index contributed by atoms with van der Waals surface area (Å²) in [5.74, 6) is -3.92. The molecule has 45 heavy (non-hydrogen) atoms. The molecule has 2 rings (SSSR count). The molecule has 0 aliphatic rings. The van der Waals surface area contributed by atoms with Crippen LogP contribution in [0.25, 0.3) is 0 Å². The zero-order valence-corrected chi connectivity index (χ0v) is 26.5. The van der Waals surface area contributed by atoms with Gasteiger partial charge in [0, 0.05) is 12.8 Å². The summed E-state index contributed by atoms with van der Waals surface area (Å²) in [5.41, 5.74) is 12.7. The molecule has 5 atom stereocenters. The summed E-state index contributed by atoms with van der Waals surface area (Å²) in [7, 11) is 0. The molecule has 0 aromatic heterocycles. The highest BCUT2D eigenvalue weighted by Gasteiger charge is 2.32. The van der Waals surface area contributed by atoms with E-state index in [9.17, 15) is 28.4 Å². The normalized spacial score (nSPS) is 14.4. The van der Waals surface area contributed by atoms with E-state index in [-0.39, 0.29) is 18.8 Å². The number of amides is 5. The van der Waals surface area contributed by atoms with Crippen molar-refractivity contribution in [2.24, 2.45) is 17.4 Å². The maximum Gasteiger partial charge on any atom is 0.243 e. The average molecular weight is 627 g/mol. The van der Waals surface area contributed by atoms with Crippen LogP contribution >= 0.6 is 0 Å². The van der Waals surface area contributed by atoms with Crippen molar-refractivity contribution in [3.05, 3.63) is 71.5 Å². The quantitative estimate of drug-likeness (QED) is 0.146. The molecule has 8 N–H and O–H groups in total. The molecule has 2 aromatic rings. The molecule has 0 fully saturated rings.